The second-order valence-electron chi connectivity index (χ2n) is 5.69. The zero-order valence-electron chi connectivity index (χ0n) is 12.2. The number of benzene rings is 2. The predicted octanol–water partition coefficient (Wildman–Crippen LogP) is 5.00. The maximum Gasteiger partial charge on any atom is 0.158 e. The van der Waals surface area contributed by atoms with Crippen molar-refractivity contribution in [1.29, 1.82) is 0 Å². The average Bonchev–Trinajstić information content (AvgIpc) is 2.72. The van der Waals surface area contributed by atoms with E-state index in [1.807, 2.05) is 24.3 Å². The number of rotatable bonds is 2. The fourth-order valence-electron chi connectivity index (χ4n) is 3.04. The minimum Gasteiger partial charge on any atom is -0.295 e. The van der Waals surface area contributed by atoms with Crippen molar-refractivity contribution in [2.45, 2.75) is 31.6 Å². The summed E-state index contributed by atoms with van der Waals surface area (Å²) in [7, 11) is 0. The highest BCUT2D eigenvalue weighted by Crippen LogP contribution is 2.32. The molecular formula is C20H20O. The van der Waals surface area contributed by atoms with E-state index in [2.05, 4.69) is 42.5 Å². The van der Waals surface area contributed by atoms with E-state index in [9.17, 15) is 4.79 Å². The van der Waals surface area contributed by atoms with Gasteiger partial charge in [0.1, 0.15) is 0 Å². The van der Waals surface area contributed by atoms with Crippen LogP contribution in [0.2, 0.25) is 0 Å². The second-order valence-corrected chi connectivity index (χ2v) is 5.69. The predicted molar refractivity (Wildman–Crippen MR) is 87.1 cm³/mol. The van der Waals surface area contributed by atoms with Gasteiger partial charge >= 0.3 is 0 Å². The number of Topliss-reactive ketones (excluding diaryl/α,β-unsaturated/α-hetero) is 1. The van der Waals surface area contributed by atoms with E-state index in [-0.39, 0.29) is 0 Å². The molecule has 1 aliphatic carbocycles. The molecule has 106 valence electrons. The molecular weight excluding hydrogens is 256 g/mol. The first-order valence-corrected chi connectivity index (χ1v) is 7.67. The molecule has 0 radical (unpaired) electrons. The third kappa shape index (κ3) is 3.49. The van der Waals surface area contributed by atoms with Gasteiger partial charge in [-0.05, 0) is 48.0 Å². The largest absolute Gasteiger partial charge is 0.295 e. The van der Waals surface area contributed by atoms with E-state index >= 15 is 0 Å². The Morgan fingerprint density at radius 2 is 1.43 bits per heavy atom. The maximum absolute atomic E-state index is 12.3. The van der Waals surface area contributed by atoms with Crippen LogP contribution in [0.3, 0.4) is 0 Å². The molecule has 0 aliphatic heterocycles. The lowest BCUT2D eigenvalue weighted by Gasteiger charge is -2.13. The van der Waals surface area contributed by atoms with Gasteiger partial charge in [-0.3, -0.25) is 4.79 Å². The summed E-state index contributed by atoms with van der Waals surface area (Å²) >= 11 is 0. The molecule has 21 heavy (non-hydrogen) atoms. The molecule has 0 spiro atoms. The van der Waals surface area contributed by atoms with Crippen molar-refractivity contribution in [3.8, 4) is 0 Å². The smallest absolute Gasteiger partial charge is 0.158 e. The number of hydrogen-bond donors (Lipinski definition) is 0. The topological polar surface area (TPSA) is 17.1 Å². The van der Waals surface area contributed by atoms with Crippen molar-refractivity contribution in [3.05, 3.63) is 77.4 Å². The van der Waals surface area contributed by atoms with Gasteiger partial charge in [-0.25, -0.2) is 0 Å². The number of allylic oxidation sites excluding steroid dienone is 1. The van der Waals surface area contributed by atoms with E-state index in [1.54, 1.807) is 0 Å². The zero-order chi connectivity index (χ0) is 14.5. The zero-order valence-corrected chi connectivity index (χ0v) is 12.2. The summed E-state index contributed by atoms with van der Waals surface area (Å²) in [6.07, 6.45) is 5.64. The van der Waals surface area contributed by atoms with Crippen LogP contribution in [0.5, 0.6) is 0 Å². The van der Waals surface area contributed by atoms with Crippen LogP contribution in [-0.2, 0) is 4.79 Å². The molecule has 2 aromatic carbocycles. The average molecular weight is 276 g/mol. The number of carbonyl (C=O) groups excluding carboxylic acids is 1. The quantitative estimate of drug-likeness (QED) is 0.557. The molecule has 0 amide bonds. The van der Waals surface area contributed by atoms with Gasteiger partial charge in [-0.15, -0.1) is 0 Å². The van der Waals surface area contributed by atoms with Crippen LogP contribution in [-0.4, -0.2) is 5.78 Å². The van der Waals surface area contributed by atoms with E-state index in [1.165, 1.54) is 5.56 Å². The lowest BCUT2D eigenvalue weighted by Crippen LogP contribution is -1.99. The molecule has 3 rings (SSSR count). The molecule has 0 saturated heterocycles. The third-order valence-electron chi connectivity index (χ3n) is 4.25. The Labute approximate surface area is 126 Å². The molecule has 2 aromatic rings. The van der Waals surface area contributed by atoms with Crippen molar-refractivity contribution in [3.63, 3.8) is 0 Å². The molecule has 0 heterocycles. The molecule has 1 atom stereocenters. The van der Waals surface area contributed by atoms with Gasteiger partial charge in [-0.2, -0.15) is 0 Å². The Morgan fingerprint density at radius 3 is 2.14 bits per heavy atom. The highest BCUT2D eigenvalue weighted by molar-refractivity contribution is 5.99. The van der Waals surface area contributed by atoms with Gasteiger partial charge in [0.15, 0.2) is 5.78 Å². The van der Waals surface area contributed by atoms with Crippen LogP contribution in [0.15, 0.2) is 66.2 Å². The van der Waals surface area contributed by atoms with E-state index in [0.29, 0.717) is 18.1 Å². The van der Waals surface area contributed by atoms with Gasteiger partial charge in [0.25, 0.3) is 0 Å². The van der Waals surface area contributed by atoms with Crippen LogP contribution in [0.4, 0.5) is 0 Å². The minimum absolute atomic E-state index is 0.317. The first-order chi connectivity index (χ1) is 10.3. The van der Waals surface area contributed by atoms with Crippen molar-refractivity contribution in [2.75, 3.05) is 0 Å². The summed E-state index contributed by atoms with van der Waals surface area (Å²) in [6.45, 7) is 0. The summed E-state index contributed by atoms with van der Waals surface area (Å²) < 4.78 is 0. The number of hydrogen-bond acceptors (Lipinski definition) is 1. The molecule has 1 heteroatoms. The van der Waals surface area contributed by atoms with Crippen LogP contribution < -0.4 is 0 Å². The molecule has 1 fully saturated rings. The normalized spacial score (nSPS) is 21.2. The summed E-state index contributed by atoms with van der Waals surface area (Å²) in [5, 5.41) is 0. The monoisotopic (exact) mass is 276 g/mol. The summed E-state index contributed by atoms with van der Waals surface area (Å²) in [5.74, 6) is 0.828. The molecule has 1 aliphatic rings. The lowest BCUT2D eigenvalue weighted by atomic mass is 9.92. The summed E-state index contributed by atoms with van der Waals surface area (Å²) in [6, 6.07) is 20.7. The molecule has 1 saturated carbocycles. The van der Waals surface area contributed by atoms with Crippen molar-refractivity contribution in [1.82, 2.24) is 0 Å². The minimum atomic E-state index is 0.317. The van der Waals surface area contributed by atoms with Gasteiger partial charge in [-0.1, -0.05) is 60.7 Å². The van der Waals surface area contributed by atoms with Crippen LogP contribution in [0.1, 0.15) is 42.7 Å². The Kier molecular flexibility index (Phi) is 4.30. The lowest BCUT2D eigenvalue weighted by molar-refractivity contribution is -0.115. The Morgan fingerprint density at radius 1 is 0.810 bits per heavy atom. The highest BCUT2D eigenvalue weighted by Gasteiger charge is 2.21. The van der Waals surface area contributed by atoms with E-state index in [4.69, 9.17) is 0 Å². The maximum atomic E-state index is 12.3. The molecule has 1 nitrogen and oxygen atoms in total. The van der Waals surface area contributed by atoms with Gasteiger partial charge in [0, 0.05) is 6.42 Å². The molecule has 0 unspecified atom stereocenters. The van der Waals surface area contributed by atoms with E-state index < -0.39 is 0 Å². The third-order valence-corrected chi connectivity index (χ3v) is 4.25. The fraction of sp³-hybridized carbons (Fsp3) is 0.250. The standard InChI is InChI=1S/C20H20O/c21-20-14-13-18(17-9-5-2-6-10-17)11-12-19(20)15-16-7-3-1-4-8-16/h1-10,15,18H,11-14H2/b19-15+/t18-/m1/s1. The highest BCUT2D eigenvalue weighted by atomic mass is 16.1. The van der Waals surface area contributed by atoms with Crippen molar-refractivity contribution < 1.29 is 4.79 Å². The molecule has 0 aromatic heterocycles. The number of ketones is 1. The Bertz CT molecular complexity index is 625. The second kappa shape index (κ2) is 6.53. The van der Waals surface area contributed by atoms with Gasteiger partial charge in [0.05, 0.1) is 0 Å². The van der Waals surface area contributed by atoms with Gasteiger partial charge < -0.3 is 0 Å². The van der Waals surface area contributed by atoms with Gasteiger partial charge in [0.2, 0.25) is 0 Å². The van der Waals surface area contributed by atoms with Crippen molar-refractivity contribution in [2.24, 2.45) is 0 Å². The van der Waals surface area contributed by atoms with Crippen LogP contribution >= 0.6 is 0 Å². The molecule has 0 bridgehead atoms. The SMILES string of the molecule is O=C1CC[C@H](c2ccccc2)CC/C1=C\c1ccccc1. The summed E-state index contributed by atoms with van der Waals surface area (Å²) in [4.78, 5) is 12.3. The first kappa shape index (κ1) is 13.8. The van der Waals surface area contributed by atoms with Crippen LogP contribution in [0.25, 0.3) is 6.08 Å². The number of carbonyl (C=O) groups is 1. The first-order valence-electron chi connectivity index (χ1n) is 7.67. The van der Waals surface area contributed by atoms with Crippen molar-refractivity contribution >= 4 is 11.9 Å². The Balaban J connectivity index is 1.78. The molecule has 0 N–H and O–H groups in total. The van der Waals surface area contributed by atoms with Crippen LogP contribution in [0, 0.1) is 0 Å². The summed E-state index contributed by atoms with van der Waals surface area (Å²) in [5.41, 5.74) is 3.48. The Hall–Kier alpha value is -2.15. The fourth-order valence-corrected chi connectivity index (χ4v) is 3.04. The van der Waals surface area contributed by atoms with E-state index in [0.717, 1.165) is 30.4 Å².